The minimum atomic E-state index is 0.658. The normalized spacial score (nSPS) is 14.6. The van der Waals surface area contributed by atoms with Crippen molar-refractivity contribution in [1.82, 2.24) is 4.90 Å². The van der Waals surface area contributed by atoms with Gasteiger partial charge in [-0.1, -0.05) is 12.7 Å². The average Bonchev–Trinajstić information content (AvgIpc) is 2.09. The van der Waals surface area contributed by atoms with Crippen LogP contribution in [-0.2, 0) is 4.79 Å². The van der Waals surface area contributed by atoms with E-state index in [9.17, 15) is 4.79 Å². The predicted octanol–water partition coefficient (Wildman–Crippen LogP) is 2.38. The van der Waals surface area contributed by atoms with Gasteiger partial charge < -0.3 is 4.90 Å². The van der Waals surface area contributed by atoms with Gasteiger partial charge in [0.05, 0.1) is 5.70 Å². The maximum atomic E-state index is 10.8. The van der Waals surface area contributed by atoms with Gasteiger partial charge in [-0.3, -0.25) is 4.79 Å². The maximum absolute atomic E-state index is 10.8. The van der Waals surface area contributed by atoms with E-state index in [1.54, 1.807) is 4.90 Å². The van der Waals surface area contributed by atoms with Gasteiger partial charge in [-0.2, -0.15) is 0 Å². The van der Waals surface area contributed by atoms with Crippen LogP contribution in [0, 0.1) is 0 Å². The molecule has 0 spiro atoms. The lowest BCUT2D eigenvalue weighted by Crippen LogP contribution is -2.17. The summed E-state index contributed by atoms with van der Waals surface area (Å²) >= 11 is 0. The third-order valence-electron chi connectivity index (χ3n) is 1.83. The molecule has 1 aliphatic rings. The number of hydrogen-bond acceptors (Lipinski definition) is 2. The summed E-state index contributed by atoms with van der Waals surface area (Å²) in [5, 5.41) is 0. The second kappa shape index (κ2) is 3.90. The van der Waals surface area contributed by atoms with Crippen LogP contribution in [-0.4, -0.2) is 11.2 Å². The second-order valence-electron chi connectivity index (χ2n) is 3.07. The van der Waals surface area contributed by atoms with Gasteiger partial charge in [0, 0.05) is 11.9 Å². The van der Waals surface area contributed by atoms with Gasteiger partial charge in [0.25, 0.3) is 0 Å². The third kappa shape index (κ3) is 1.96. The highest BCUT2D eigenvalue weighted by atomic mass is 16.1. The van der Waals surface area contributed by atoms with Crippen molar-refractivity contribution in [3.05, 3.63) is 48.0 Å². The van der Waals surface area contributed by atoms with Gasteiger partial charge >= 0.3 is 0 Å². The van der Waals surface area contributed by atoms with Crippen LogP contribution in [0.4, 0.5) is 0 Å². The molecule has 0 saturated carbocycles. The van der Waals surface area contributed by atoms with Gasteiger partial charge in [-0.05, 0) is 31.6 Å². The largest absolute Gasteiger partial charge is 0.315 e. The van der Waals surface area contributed by atoms with Crippen LogP contribution in [0.5, 0.6) is 0 Å². The van der Waals surface area contributed by atoms with Crippen LogP contribution >= 0.6 is 0 Å². The topological polar surface area (TPSA) is 20.3 Å². The first-order valence-electron chi connectivity index (χ1n) is 4.12. The van der Waals surface area contributed by atoms with Crippen molar-refractivity contribution in [3.8, 4) is 0 Å². The molecule has 68 valence electrons. The lowest BCUT2D eigenvalue weighted by atomic mass is 10.2. The summed E-state index contributed by atoms with van der Waals surface area (Å²) in [4.78, 5) is 12.6. The summed E-state index contributed by atoms with van der Waals surface area (Å²) in [5.41, 5.74) is 2.45. The number of hydrogen-bond donors (Lipinski definition) is 0. The highest BCUT2D eigenvalue weighted by molar-refractivity contribution is 5.74. The molecular formula is C11H13NO. The smallest absolute Gasteiger partial charge is 0.166 e. The molecule has 0 unspecified atom stereocenters. The van der Waals surface area contributed by atoms with Crippen molar-refractivity contribution in [2.75, 3.05) is 0 Å². The average molecular weight is 175 g/mol. The molecule has 1 aliphatic heterocycles. The molecule has 1 rings (SSSR count). The molecule has 0 aliphatic carbocycles. The molecule has 0 fully saturated rings. The minimum Gasteiger partial charge on any atom is -0.315 e. The molecule has 0 saturated heterocycles. The van der Waals surface area contributed by atoms with Gasteiger partial charge in [-0.25, -0.2) is 0 Å². The summed E-state index contributed by atoms with van der Waals surface area (Å²) in [5.74, 6) is 0. The van der Waals surface area contributed by atoms with E-state index in [1.807, 2.05) is 38.3 Å². The van der Waals surface area contributed by atoms with Crippen molar-refractivity contribution >= 4 is 6.29 Å². The van der Waals surface area contributed by atoms with Crippen molar-refractivity contribution < 1.29 is 4.79 Å². The van der Waals surface area contributed by atoms with Gasteiger partial charge in [-0.15, -0.1) is 0 Å². The fourth-order valence-corrected chi connectivity index (χ4v) is 1.13. The van der Waals surface area contributed by atoms with E-state index in [4.69, 9.17) is 0 Å². The lowest BCUT2D eigenvalue weighted by molar-refractivity contribution is -0.105. The molecule has 0 aromatic rings. The lowest BCUT2D eigenvalue weighted by Gasteiger charge is -2.23. The highest BCUT2D eigenvalue weighted by Gasteiger charge is 2.10. The van der Waals surface area contributed by atoms with Crippen LogP contribution in [0.15, 0.2) is 48.0 Å². The van der Waals surface area contributed by atoms with Crippen molar-refractivity contribution in [3.63, 3.8) is 0 Å². The zero-order chi connectivity index (χ0) is 9.84. The molecule has 0 bridgehead atoms. The Labute approximate surface area is 78.5 Å². The molecule has 0 amide bonds. The number of aldehydes is 1. The second-order valence-corrected chi connectivity index (χ2v) is 3.07. The summed E-state index contributed by atoms with van der Waals surface area (Å²) in [6.07, 6.45) is 8.32. The molecule has 0 aromatic carbocycles. The van der Waals surface area contributed by atoms with E-state index in [-0.39, 0.29) is 0 Å². The predicted molar refractivity (Wildman–Crippen MR) is 53.7 cm³/mol. The first kappa shape index (κ1) is 9.52. The van der Waals surface area contributed by atoms with Crippen LogP contribution in [0.3, 0.4) is 0 Å². The molecule has 0 aromatic heterocycles. The first-order chi connectivity index (χ1) is 6.16. The Balaban J connectivity index is 3.01. The van der Waals surface area contributed by atoms with Crippen LogP contribution in [0.2, 0.25) is 0 Å². The zero-order valence-electron chi connectivity index (χ0n) is 7.95. The summed E-state index contributed by atoms with van der Waals surface area (Å²) in [7, 11) is 0. The SMILES string of the molecule is C=C1C=CC=CN1C(C=O)=C(C)C. The molecule has 2 nitrogen and oxygen atoms in total. The number of carbonyl (C=O) groups is 1. The third-order valence-corrected chi connectivity index (χ3v) is 1.83. The Morgan fingerprint density at radius 3 is 2.62 bits per heavy atom. The summed E-state index contributed by atoms with van der Waals surface area (Å²) < 4.78 is 0. The van der Waals surface area contributed by atoms with E-state index < -0.39 is 0 Å². The zero-order valence-corrected chi connectivity index (χ0v) is 7.95. The van der Waals surface area contributed by atoms with E-state index in [0.717, 1.165) is 17.6 Å². The Morgan fingerprint density at radius 1 is 1.46 bits per heavy atom. The molecule has 1 heterocycles. The molecular weight excluding hydrogens is 162 g/mol. The van der Waals surface area contributed by atoms with E-state index >= 15 is 0 Å². The number of carbonyl (C=O) groups excluding carboxylic acids is 1. The standard InChI is InChI=1S/C11H13NO/c1-9(2)11(8-13)12-7-5-4-6-10(12)3/h4-8H,3H2,1-2H3. The number of rotatable bonds is 2. The van der Waals surface area contributed by atoms with Gasteiger partial charge in [0.2, 0.25) is 0 Å². The summed E-state index contributed by atoms with van der Waals surface area (Å²) in [6.45, 7) is 7.65. The Hall–Kier alpha value is -1.57. The van der Waals surface area contributed by atoms with E-state index in [2.05, 4.69) is 6.58 Å². The van der Waals surface area contributed by atoms with Crippen LogP contribution < -0.4 is 0 Å². The Morgan fingerprint density at radius 2 is 2.15 bits per heavy atom. The number of allylic oxidation sites excluding steroid dienone is 5. The molecule has 0 atom stereocenters. The van der Waals surface area contributed by atoms with E-state index in [1.165, 1.54) is 0 Å². The number of nitrogens with zero attached hydrogens (tertiary/aromatic N) is 1. The quantitative estimate of drug-likeness (QED) is 0.474. The van der Waals surface area contributed by atoms with Crippen molar-refractivity contribution in [2.45, 2.75) is 13.8 Å². The van der Waals surface area contributed by atoms with Crippen LogP contribution in [0.25, 0.3) is 0 Å². The molecule has 0 radical (unpaired) electrons. The Bertz CT molecular complexity index is 317. The maximum Gasteiger partial charge on any atom is 0.166 e. The molecule has 0 N–H and O–H groups in total. The fraction of sp³-hybridized carbons (Fsp3) is 0.182. The fourth-order valence-electron chi connectivity index (χ4n) is 1.13. The van der Waals surface area contributed by atoms with Gasteiger partial charge in [0.15, 0.2) is 6.29 Å². The molecule has 13 heavy (non-hydrogen) atoms. The highest BCUT2D eigenvalue weighted by Crippen LogP contribution is 2.18. The molecule has 2 heteroatoms. The van der Waals surface area contributed by atoms with Crippen LogP contribution in [0.1, 0.15) is 13.8 Å². The first-order valence-corrected chi connectivity index (χ1v) is 4.12. The Kier molecular flexibility index (Phi) is 2.85. The van der Waals surface area contributed by atoms with Gasteiger partial charge in [0.1, 0.15) is 0 Å². The minimum absolute atomic E-state index is 0.658. The monoisotopic (exact) mass is 175 g/mol. The van der Waals surface area contributed by atoms with E-state index in [0.29, 0.717) is 5.70 Å². The summed E-state index contributed by atoms with van der Waals surface area (Å²) in [6, 6.07) is 0. The van der Waals surface area contributed by atoms with Crippen molar-refractivity contribution in [2.24, 2.45) is 0 Å². The van der Waals surface area contributed by atoms with Crippen molar-refractivity contribution in [1.29, 1.82) is 0 Å².